The van der Waals surface area contributed by atoms with E-state index in [-0.39, 0.29) is 35.7 Å². The Labute approximate surface area is 172 Å². The maximum Gasteiger partial charge on any atom is 0.340 e. The first kappa shape index (κ1) is 20.8. The number of rotatable bonds is 6. The second kappa shape index (κ2) is 8.18. The molecule has 3 heterocycles. The number of ether oxygens (including phenoxy) is 1. The molecule has 0 atom stereocenters. The molecule has 0 saturated carbocycles. The van der Waals surface area contributed by atoms with Crippen LogP contribution in [-0.4, -0.2) is 45.0 Å². The van der Waals surface area contributed by atoms with Gasteiger partial charge in [-0.1, -0.05) is 0 Å². The van der Waals surface area contributed by atoms with Gasteiger partial charge in [0, 0.05) is 18.5 Å². The van der Waals surface area contributed by atoms with Crippen LogP contribution < -0.4 is 9.62 Å². The molecule has 0 aromatic carbocycles. The zero-order valence-electron chi connectivity index (χ0n) is 15.7. The van der Waals surface area contributed by atoms with E-state index >= 15 is 0 Å². The second-order valence-corrected chi connectivity index (χ2v) is 8.82. The van der Waals surface area contributed by atoms with E-state index in [4.69, 9.17) is 4.74 Å². The van der Waals surface area contributed by atoms with Gasteiger partial charge in [-0.05, 0) is 31.4 Å². The average Bonchev–Trinajstić information content (AvgIpc) is 3.16. The number of pyridine rings is 1. The normalized spacial score (nSPS) is 14.0. The summed E-state index contributed by atoms with van der Waals surface area (Å²) in [5.41, 5.74) is 0.803. The Balaban J connectivity index is 1.70. The van der Waals surface area contributed by atoms with Gasteiger partial charge in [-0.25, -0.2) is 22.9 Å². The number of hydrogen-bond acceptors (Lipinski definition) is 9. The van der Waals surface area contributed by atoms with Crippen molar-refractivity contribution in [2.75, 3.05) is 24.6 Å². The Morgan fingerprint density at radius 2 is 2.17 bits per heavy atom. The molecule has 11 heteroatoms. The molecule has 0 aliphatic carbocycles. The number of aromatic nitrogens is 1. The number of thiophene rings is 1. The van der Waals surface area contributed by atoms with E-state index in [2.05, 4.69) is 9.71 Å². The smallest absolute Gasteiger partial charge is 0.340 e. The van der Waals surface area contributed by atoms with E-state index in [1.54, 1.807) is 24.1 Å². The highest BCUT2D eigenvalue weighted by Gasteiger charge is 2.37. The third-order valence-electron chi connectivity index (χ3n) is 4.40. The van der Waals surface area contributed by atoms with Gasteiger partial charge < -0.3 is 9.64 Å². The third-order valence-corrected chi connectivity index (χ3v) is 6.58. The summed E-state index contributed by atoms with van der Waals surface area (Å²) in [7, 11) is -3.89. The number of sulfonamides is 1. The van der Waals surface area contributed by atoms with Gasteiger partial charge in [-0.3, -0.25) is 4.79 Å². The monoisotopic (exact) mass is 434 g/mol. The van der Waals surface area contributed by atoms with Crippen LogP contribution in [0.25, 0.3) is 0 Å². The van der Waals surface area contributed by atoms with E-state index in [0.717, 1.165) is 0 Å². The molecule has 2 aromatic rings. The van der Waals surface area contributed by atoms with Crippen LogP contribution in [0.1, 0.15) is 28.5 Å². The molecular formula is C18H18N4O5S2. The van der Waals surface area contributed by atoms with Gasteiger partial charge in [0.1, 0.15) is 11.9 Å². The molecule has 0 radical (unpaired) electrons. The summed E-state index contributed by atoms with van der Waals surface area (Å²) >= 11 is 1.22. The second-order valence-electron chi connectivity index (χ2n) is 6.36. The summed E-state index contributed by atoms with van der Waals surface area (Å²) in [5, 5.41) is 12.5. The molecule has 1 aliphatic heterocycles. The number of hydrogen-bond donors (Lipinski definition) is 1. The number of anilines is 1. The molecule has 1 amide bonds. The molecule has 1 aliphatic rings. The van der Waals surface area contributed by atoms with E-state index in [1.165, 1.54) is 28.8 Å². The van der Waals surface area contributed by atoms with Crippen molar-refractivity contribution in [2.45, 2.75) is 18.7 Å². The molecule has 9 nitrogen and oxygen atoms in total. The lowest BCUT2D eigenvalue weighted by molar-refractivity contribution is -0.123. The van der Waals surface area contributed by atoms with E-state index < -0.39 is 27.8 Å². The number of amides is 1. The first-order chi connectivity index (χ1) is 13.8. The number of nitriles is 1. The van der Waals surface area contributed by atoms with Crippen LogP contribution in [0.5, 0.6) is 0 Å². The van der Waals surface area contributed by atoms with Gasteiger partial charge in [0.2, 0.25) is 5.91 Å². The molecular weight excluding hydrogens is 416 g/mol. The standard InChI is InChI=1S/C18H18N4O5S2/c1-3-27-18(24)15-6-12(7-19)16(20-11(15)2)22-8-13(9-22)17(23)21-29(25,26)14-4-5-28-10-14/h4-6,10,13H,3,8-9H2,1-2H3,(H,21,23). The van der Waals surface area contributed by atoms with Crippen LogP contribution in [0.4, 0.5) is 5.82 Å². The lowest BCUT2D eigenvalue weighted by Gasteiger charge is -2.39. The number of nitrogens with zero attached hydrogens (tertiary/aromatic N) is 3. The van der Waals surface area contributed by atoms with Crippen LogP contribution in [0.3, 0.4) is 0 Å². The minimum absolute atomic E-state index is 0.0469. The number of carbonyl (C=O) groups excluding carboxylic acids is 2. The molecule has 29 heavy (non-hydrogen) atoms. The number of aryl methyl sites for hydroxylation is 1. The summed E-state index contributed by atoms with van der Waals surface area (Å²) in [6.45, 7) is 3.95. The largest absolute Gasteiger partial charge is 0.462 e. The lowest BCUT2D eigenvalue weighted by atomic mass is 9.98. The van der Waals surface area contributed by atoms with Gasteiger partial charge >= 0.3 is 5.97 Å². The van der Waals surface area contributed by atoms with Crippen molar-refractivity contribution in [1.82, 2.24) is 9.71 Å². The van der Waals surface area contributed by atoms with E-state index in [0.29, 0.717) is 11.5 Å². The van der Waals surface area contributed by atoms with Crippen molar-refractivity contribution in [3.05, 3.63) is 39.7 Å². The minimum atomic E-state index is -3.89. The summed E-state index contributed by atoms with van der Waals surface area (Å²) in [5.74, 6) is -1.37. The summed E-state index contributed by atoms with van der Waals surface area (Å²) in [6.07, 6.45) is 0. The SMILES string of the molecule is CCOC(=O)c1cc(C#N)c(N2CC(C(=O)NS(=O)(=O)c3ccsc3)C2)nc1C. The molecule has 152 valence electrons. The zero-order chi connectivity index (χ0) is 21.2. The molecule has 3 rings (SSSR count). The Kier molecular flexibility index (Phi) is 5.86. The predicted octanol–water partition coefficient (Wildman–Crippen LogP) is 1.44. The predicted molar refractivity (Wildman–Crippen MR) is 105 cm³/mol. The Bertz CT molecular complexity index is 1080. The molecule has 1 N–H and O–H groups in total. The van der Waals surface area contributed by atoms with Crippen LogP contribution in [0.2, 0.25) is 0 Å². The Morgan fingerprint density at radius 1 is 1.45 bits per heavy atom. The van der Waals surface area contributed by atoms with Gasteiger partial charge in [0.05, 0.1) is 34.2 Å². The average molecular weight is 434 g/mol. The highest BCUT2D eigenvalue weighted by molar-refractivity contribution is 7.90. The highest BCUT2D eigenvalue weighted by atomic mass is 32.2. The Hall–Kier alpha value is -2.97. The summed E-state index contributed by atoms with van der Waals surface area (Å²) < 4.78 is 31.4. The van der Waals surface area contributed by atoms with Gasteiger partial charge in [-0.2, -0.15) is 16.6 Å². The van der Waals surface area contributed by atoms with E-state index in [9.17, 15) is 23.3 Å². The molecule has 1 fully saturated rings. The highest BCUT2D eigenvalue weighted by Crippen LogP contribution is 2.28. The summed E-state index contributed by atoms with van der Waals surface area (Å²) in [4.78, 5) is 30.3. The molecule has 0 bridgehead atoms. The molecule has 1 saturated heterocycles. The van der Waals surface area contributed by atoms with Crippen molar-refractivity contribution in [3.8, 4) is 6.07 Å². The number of nitrogens with one attached hydrogen (secondary N) is 1. The molecule has 0 unspecified atom stereocenters. The van der Waals surface area contributed by atoms with Crippen LogP contribution in [-0.2, 0) is 19.6 Å². The topological polar surface area (TPSA) is 129 Å². The van der Waals surface area contributed by atoms with Gasteiger partial charge in [0.25, 0.3) is 10.0 Å². The van der Waals surface area contributed by atoms with Crippen molar-refractivity contribution < 1.29 is 22.7 Å². The number of carbonyl (C=O) groups is 2. The zero-order valence-corrected chi connectivity index (χ0v) is 17.3. The van der Waals surface area contributed by atoms with Gasteiger partial charge in [0.15, 0.2) is 0 Å². The quantitative estimate of drug-likeness (QED) is 0.676. The minimum Gasteiger partial charge on any atom is -0.462 e. The fourth-order valence-corrected chi connectivity index (χ4v) is 4.90. The fraction of sp³-hybridized carbons (Fsp3) is 0.333. The van der Waals surface area contributed by atoms with Crippen molar-refractivity contribution >= 4 is 39.1 Å². The third kappa shape index (κ3) is 4.23. The van der Waals surface area contributed by atoms with Crippen LogP contribution in [0.15, 0.2) is 27.8 Å². The number of esters is 1. The maximum atomic E-state index is 12.3. The lowest BCUT2D eigenvalue weighted by Crippen LogP contribution is -2.55. The first-order valence-corrected chi connectivity index (χ1v) is 11.1. The van der Waals surface area contributed by atoms with Crippen LogP contribution in [0, 0.1) is 24.2 Å². The first-order valence-electron chi connectivity index (χ1n) is 8.69. The fourth-order valence-electron chi connectivity index (χ4n) is 2.83. The van der Waals surface area contributed by atoms with Gasteiger partial charge in [-0.15, -0.1) is 0 Å². The summed E-state index contributed by atoms with van der Waals surface area (Å²) in [6, 6.07) is 4.84. The van der Waals surface area contributed by atoms with E-state index in [1.807, 2.05) is 6.07 Å². The Morgan fingerprint density at radius 3 is 2.76 bits per heavy atom. The molecule has 0 spiro atoms. The molecule has 2 aromatic heterocycles. The van der Waals surface area contributed by atoms with Crippen molar-refractivity contribution in [3.63, 3.8) is 0 Å². The van der Waals surface area contributed by atoms with Crippen molar-refractivity contribution in [2.24, 2.45) is 5.92 Å². The van der Waals surface area contributed by atoms with Crippen molar-refractivity contribution in [1.29, 1.82) is 5.26 Å². The maximum absolute atomic E-state index is 12.3. The van der Waals surface area contributed by atoms with Crippen LogP contribution >= 0.6 is 11.3 Å².